The van der Waals surface area contributed by atoms with Gasteiger partial charge in [0.1, 0.15) is 0 Å². The maximum Gasteiger partial charge on any atom is 0.0834 e. The SMILES string of the molecule is CC(C)CCNc1c(N(C)C)c(=S)c1=S.[HH]. The fourth-order valence-corrected chi connectivity index (χ4v) is 2.11. The maximum atomic E-state index is 5.21. The van der Waals surface area contributed by atoms with Crippen LogP contribution < -0.4 is 10.2 Å². The summed E-state index contributed by atoms with van der Waals surface area (Å²) in [7, 11) is 3.99. The quantitative estimate of drug-likeness (QED) is 0.792. The Balaban J connectivity index is 0.00000225. The first-order chi connectivity index (χ1) is 6.95. The molecule has 0 aliphatic heterocycles. The minimum absolute atomic E-state index is 0. The Hall–Kier alpha value is -0.480. The van der Waals surface area contributed by atoms with Crippen molar-refractivity contribution in [1.82, 2.24) is 0 Å². The monoisotopic (exact) mass is 244 g/mol. The molecular weight excluding hydrogens is 224 g/mol. The molecule has 0 saturated heterocycles. The van der Waals surface area contributed by atoms with E-state index in [-0.39, 0.29) is 1.43 Å². The summed E-state index contributed by atoms with van der Waals surface area (Å²) in [5.74, 6) is 0.710. The van der Waals surface area contributed by atoms with Gasteiger partial charge in [-0.2, -0.15) is 0 Å². The molecule has 0 aromatic heterocycles. The lowest BCUT2D eigenvalue weighted by atomic mass is 10.1. The van der Waals surface area contributed by atoms with Gasteiger partial charge in [-0.1, -0.05) is 38.3 Å². The van der Waals surface area contributed by atoms with Gasteiger partial charge in [0.05, 0.1) is 20.4 Å². The highest BCUT2D eigenvalue weighted by molar-refractivity contribution is 7.74. The summed E-state index contributed by atoms with van der Waals surface area (Å²) in [5.41, 5.74) is 2.14. The van der Waals surface area contributed by atoms with Gasteiger partial charge in [-0.25, -0.2) is 0 Å². The molecule has 0 spiro atoms. The van der Waals surface area contributed by atoms with E-state index in [2.05, 4.69) is 19.2 Å². The third kappa shape index (κ3) is 2.75. The fraction of sp³-hybridized carbons (Fsp3) is 0.636. The molecule has 2 nitrogen and oxygen atoms in total. The number of nitrogens with one attached hydrogen (secondary N) is 1. The standard InChI is InChI=1S/C11H18N2S2.H2/c1-7(2)5-6-12-8-9(13(3)4)11(15)10(8)14;/h7,12H,5-6H2,1-4H3;1H. The van der Waals surface area contributed by atoms with E-state index < -0.39 is 0 Å². The summed E-state index contributed by atoms with van der Waals surface area (Å²) in [5, 5.41) is 3.37. The van der Waals surface area contributed by atoms with Gasteiger partial charge in [-0.3, -0.25) is 0 Å². The molecule has 0 bridgehead atoms. The Bertz CT molecular complexity index is 406. The predicted octanol–water partition coefficient (Wildman–Crippen LogP) is 3.79. The lowest BCUT2D eigenvalue weighted by Gasteiger charge is -2.22. The van der Waals surface area contributed by atoms with Crippen molar-refractivity contribution in [3.8, 4) is 0 Å². The fourth-order valence-electron chi connectivity index (χ4n) is 1.46. The third-order valence-corrected chi connectivity index (χ3v) is 3.29. The Kier molecular flexibility index (Phi) is 4.22. The molecule has 86 valence electrons. The van der Waals surface area contributed by atoms with Crippen LogP contribution in [0.1, 0.15) is 21.7 Å². The van der Waals surface area contributed by atoms with Crippen LogP contribution >= 0.6 is 24.4 Å². The molecule has 4 heteroatoms. The number of hydrogen-bond acceptors (Lipinski definition) is 4. The molecule has 0 saturated carbocycles. The molecule has 0 unspecified atom stereocenters. The molecule has 0 heterocycles. The zero-order valence-electron chi connectivity index (χ0n) is 9.76. The Morgan fingerprint density at radius 3 is 2.33 bits per heavy atom. The number of nitrogens with zero attached hydrogens (tertiary/aromatic N) is 1. The zero-order valence-corrected chi connectivity index (χ0v) is 11.4. The van der Waals surface area contributed by atoms with Gasteiger partial charge < -0.3 is 10.2 Å². The lowest BCUT2D eigenvalue weighted by Crippen LogP contribution is -2.17. The summed E-state index contributed by atoms with van der Waals surface area (Å²) in [6.45, 7) is 5.40. The molecule has 1 aromatic rings. The van der Waals surface area contributed by atoms with Crippen LogP contribution in [0.4, 0.5) is 11.4 Å². The first kappa shape index (κ1) is 12.6. The van der Waals surface area contributed by atoms with Crippen LogP contribution in [0, 0.1) is 14.9 Å². The second-order valence-electron chi connectivity index (χ2n) is 4.39. The molecule has 1 N–H and O–H groups in total. The highest BCUT2D eigenvalue weighted by Gasteiger charge is 2.15. The van der Waals surface area contributed by atoms with Gasteiger partial charge in [0.2, 0.25) is 0 Å². The number of rotatable bonds is 5. The summed E-state index contributed by atoms with van der Waals surface area (Å²) in [4.78, 5) is 2.02. The van der Waals surface area contributed by atoms with Crippen LogP contribution in [0.3, 0.4) is 0 Å². The van der Waals surface area contributed by atoms with Crippen LogP contribution in [0.5, 0.6) is 0 Å². The van der Waals surface area contributed by atoms with Crippen molar-refractivity contribution in [2.45, 2.75) is 20.3 Å². The molecule has 0 atom stereocenters. The van der Waals surface area contributed by atoms with E-state index in [1.807, 2.05) is 19.0 Å². The Morgan fingerprint density at radius 1 is 1.27 bits per heavy atom. The second-order valence-corrected chi connectivity index (χ2v) is 5.20. The molecule has 0 radical (unpaired) electrons. The minimum atomic E-state index is 0. The maximum absolute atomic E-state index is 5.21. The molecule has 0 fully saturated rings. The van der Waals surface area contributed by atoms with Crippen molar-refractivity contribution in [2.75, 3.05) is 30.9 Å². The topological polar surface area (TPSA) is 15.3 Å². The summed E-state index contributed by atoms with van der Waals surface area (Å²) in [6.07, 6.45) is 1.15. The summed E-state index contributed by atoms with van der Waals surface area (Å²) < 4.78 is 1.64. The first-order valence-electron chi connectivity index (χ1n) is 5.19. The van der Waals surface area contributed by atoms with Gasteiger partial charge >= 0.3 is 0 Å². The summed E-state index contributed by atoms with van der Waals surface area (Å²) >= 11 is 10.4. The highest BCUT2D eigenvalue weighted by atomic mass is 32.1. The van der Waals surface area contributed by atoms with Crippen LogP contribution in [0.15, 0.2) is 0 Å². The minimum Gasteiger partial charge on any atom is -0.382 e. The average molecular weight is 244 g/mol. The van der Waals surface area contributed by atoms with E-state index >= 15 is 0 Å². The summed E-state index contributed by atoms with van der Waals surface area (Å²) in [6, 6.07) is 0. The van der Waals surface area contributed by atoms with Crippen molar-refractivity contribution in [2.24, 2.45) is 5.92 Å². The number of hydrogen-bond donors (Lipinski definition) is 1. The Labute approximate surface area is 103 Å². The normalized spacial score (nSPS) is 11.0. The molecule has 1 aromatic carbocycles. The van der Waals surface area contributed by atoms with Crippen LogP contribution in [-0.2, 0) is 0 Å². The van der Waals surface area contributed by atoms with E-state index in [0.717, 1.165) is 33.4 Å². The van der Waals surface area contributed by atoms with Gasteiger partial charge in [0, 0.05) is 22.1 Å². The average Bonchev–Trinajstić information content (AvgIpc) is 2.14. The van der Waals surface area contributed by atoms with Gasteiger partial charge in [-0.15, -0.1) is 0 Å². The van der Waals surface area contributed by atoms with Gasteiger partial charge in [-0.05, 0) is 12.3 Å². The molecule has 0 aliphatic rings. The van der Waals surface area contributed by atoms with Gasteiger partial charge in [0.25, 0.3) is 0 Å². The third-order valence-electron chi connectivity index (χ3n) is 2.36. The van der Waals surface area contributed by atoms with E-state index in [1.54, 1.807) is 0 Å². The molecule has 15 heavy (non-hydrogen) atoms. The highest BCUT2D eigenvalue weighted by Crippen LogP contribution is 2.34. The molecule has 0 amide bonds. The predicted molar refractivity (Wildman–Crippen MR) is 74.9 cm³/mol. The van der Waals surface area contributed by atoms with E-state index in [1.165, 1.54) is 0 Å². The van der Waals surface area contributed by atoms with Crippen molar-refractivity contribution in [3.63, 3.8) is 0 Å². The molecule has 1 rings (SSSR count). The molecule has 0 aliphatic carbocycles. The first-order valence-corrected chi connectivity index (χ1v) is 6.01. The van der Waals surface area contributed by atoms with E-state index in [0.29, 0.717) is 5.92 Å². The van der Waals surface area contributed by atoms with Gasteiger partial charge in [0.15, 0.2) is 0 Å². The number of anilines is 2. The Morgan fingerprint density at radius 2 is 1.87 bits per heavy atom. The smallest absolute Gasteiger partial charge is 0.0834 e. The van der Waals surface area contributed by atoms with Crippen molar-refractivity contribution in [3.05, 3.63) is 9.02 Å². The van der Waals surface area contributed by atoms with Crippen LogP contribution in [0.25, 0.3) is 0 Å². The van der Waals surface area contributed by atoms with Crippen LogP contribution in [0.2, 0.25) is 0 Å². The van der Waals surface area contributed by atoms with Crippen molar-refractivity contribution >= 4 is 35.8 Å². The largest absolute Gasteiger partial charge is 0.382 e. The lowest BCUT2D eigenvalue weighted by molar-refractivity contribution is 0.607. The van der Waals surface area contributed by atoms with E-state index in [9.17, 15) is 0 Å². The van der Waals surface area contributed by atoms with Crippen LogP contribution in [-0.4, -0.2) is 20.6 Å². The second kappa shape index (κ2) is 5.03. The van der Waals surface area contributed by atoms with E-state index in [4.69, 9.17) is 24.4 Å². The van der Waals surface area contributed by atoms with Crippen molar-refractivity contribution < 1.29 is 1.43 Å². The molecular formula is C11H20N2S2. The van der Waals surface area contributed by atoms with Crippen molar-refractivity contribution in [1.29, 1.82) is 0 Å². The zero-order chi connectivity index (χ0) is 11.6.